The molecule has 2 aliphatic rings. The fourth-order valence-electron chi connectivity index (χ4n) is 4.53. The molecule has 8 heteroatoms. The highest BCUT2D eigenvalue weighted by molar-refractivity contribution is 6.30. The van der Waals surface area contributed by atoms with E-state index < -0.39 is 0 Å². The number of rotatable bonds is 3. The highest BCUT2D eigenvalue weighted by Gasteiger charge is 2.30. The average Bonchev–Trinajstić information content (AvgIpc) is 3.32. The molecule has 0 amide bonds. The fraction of sp³-hybridized carbons (Fsp3) is 0.476. The molecule has 2 aromatic heterocycles. The summed E-state index contributed by atoms with van der Waals surface area (Å²) >= 11 is 6.22. The van der Waals surface area contributed by atoms with Crippen LogP contribution in [0.1, 0.15) is 73.1 Å². The van der Waals surface area contributed by atoms with Crippen LogP contribution in [0.2, 0.25) is 5.02 Å². The zero-order valence-corrected chi connectivity index (χ0v) is 18.0. The van der Waals surface area contributed by atoms with Crippen LogP contribution in [0.4, 0.5) is 0 Å². The first-order valence-electron chi connectivity index (χ1n) is 10.1. The van der Waals surface area contributed by atoms with Crippen LogP contribution < -0.4 is 5.32 Å². The lowest BCUT2D eigenvalue weighted by Crippen LogP contribution is -2.17. The van der Waals surface area contributed by atoms with Crippen molar-refractivity contribution in [2.45, 2.75) is 64.0 Å². The number of halogens is 2. The van der Waals surface area contributed by atoms with Gasteiger partial charge >= 0.3 is 0 Å². The standard InChI is InChI=1S/C21H24ClN5O.ClH/c1-2-17-10-18(26-28-17)13-3-5-14(6-4-13)21-25-24-20-12-23-11-15-9-16(22)7-8-19(15)27(20)21;/h7-10,13-14,23H,2-6,11-12H2,1H3;1H/t13-,14-;. The second-order valence-electron chi connectivity index (χ2n) is 7.81. The number of nitrogens with zero attached hydrogens (tertiary/aromatic N) is 4. The lowest BCUT2D eigenvalue weighted by atomic mass is 9.80. The van der Waals surface area contributed by atoms with Gasteiger partial charge in [0.2, 0.25) is 0 Å². The van der Waals surface area contributed by atoms with E-state index in [1.807, 2.05) is 12.1 Å². The van der Waals surface area contributed by atoms with E-state index in [4.69, 9.17) is 16.1 Å². The van der Waals surface area contributed by atoms with E-state index in [0.29, 0.717) is 18.4 Å². The summed E-state index contributed by atoms with van der Waals surface area (Å²) in [6.07, 6.45) is 5.29. The molecule has 3 heterocycles. The Morgan fingerprint density at radius 3 is 2.66 bits per heavy atom. The average molecular weight is 434 g/mol. The third-order valence-corrected chi connectivity index (χ3v) is 6.31. The van der Waals surface area contributed by atoms with Crippen LogP contribution >= 0.6 is 24.0 Å². The van der Waals surface area contributed by atoms with Gasteiger partial charge in [-0.15, -0.1) is 22.6 Å². The fourth-order valence-corrected chi connectivity index (χ4v) is 4.72. The first-order valence-corrected chi connectivity index (χ1v) is 10.5. The number of benzene rings is 1. The minimum atomic E-state index is 0. The van der Waals surface area contributed by atoms with E-state index in [0.717, 1.165) is 72.5 Å². The number of hydrogen-bond acceptors (Lipinski definition) is 5. The molecular formula is C21H25Cl2N5O. The Balaban J connectivity index is 0.00000205. The largest absolute Gasteiger partial charge is 0.361 e. The minimum absolute atomic E-state index is 0. The normalized spacial score (nSPS) is 21.0. The minimum Gasteiger partial charge on any atom is -0.361 e. The maximum atomic E-state index is 6.22. The molecule has 5 rings (SSSR count). The van der Waals surface area contributed by atoms with Crippen LogP contribution in [0, 0.1) is 0 Å². The van der Waals surface area contributed by atoms with Gasteiger partial charge in [-0.25, -0.2) is 0 Å². The lowest BCUT2D eigenvalue weighted by Gasteiger charge is -2.27. The van der Waals surface area contributed by atoms with Gasteiger partial charge in [0.05, 0.1) is 17.9 Å². The molecule has 1 N–H and O–H groups in total. The highest BCUT2D eigenvalue weighted by atomic mass is 35.5. The van der Waals surface area contributed by atoms with Gasteiger partial charge in [0.15, 0.2) is 5.82 Å². The third-order valence-electron chi connectivity index (χ3n) is 6.07. The number of hydrogen-bond donors (Lipinski definition) is 1. The molecule has 29 heavy (non-hydrogen) atoms. The van der Waals surface area contributed by atoms with E-state index in [2.05, 4.69) is 44.3 Å². The van der Waals surface area contributed by atoms with Crippen molar-refractivity contribution in [3.05, 3.63) is 58.0 Å². The third kappa shape index (κ3) is 3.81. The SMILES string of the molecule is CCc1cc([C@H]2CC[C@H](c3nnc4n3-c3ccc(Cl)cc3CNC4)CC2)no1.Cl. The molecule has 1 aliphatic carbocycles. The summed E-state index contributed by atoms with van der Waals surface area (Å²) in [5, 5.41) is 17.6. The number of aromatic nitrogens is 4. The van der Waals surface area contributed by atoms with Crippen LogP contribution in [0.25, 0.3) is 5.69 Å². The zero-order chi connectivity index (χ0) is 19.1. The monoisotopic (exact) mass is 433 g/mol. The first-order chi connectivity index (χ1) is 13.7. The van der Waals surface area contributed by atoms with Gasteiger partial charge in [-0.2, -0.15) is 0 Å². The molecule has 6 nitrogen and oxygen atoms in total. The summed E-state index contributed by atoms with van der Waals surface area (Å²) in [4.78, 5) is 0. The number of aryl methyl sites for hydroxylation is 1. The Bertz CT molecular complexity index is 991. The van der Waals surface area contributed by atoms with Crippen molar-refractivity contribution in [1.82, 2.24) is 25.2 Å². The van der Waals surface area contributed by atoms with E-state index in [1.165, 1.54) is 5.56 Å². The van der Waals surface area contributed by atoms with E-state index in [1.54, 1.807) is 0 Å². The molecule has 1 aliphatic heterocycles. The number of nitrogens with one attached hydrogen (secondary N) is 1. The molecule has 154 valence electrons. The maximum Gasteiger partial charge on any atom is 0.151 e. The summed E-state index contributed by atoms with van der Waals surface area (Å²) in [6, 6.07) is 8.20. The predicted molar refractivity (Wildman–Crippen MR) is 114 cm³/mol. The van der Waals surface area contributed by atoms with Gasteiger partial charge in [-0.1, -0.05) is 23.7 Å². The van der Waals surface area contributed by atoms with Crippen molar-refractivity contribution in [1.29, 1.82) is 0 Å². The van der Waals surface area contributed by atoms with E-state index in [-0.39, 0.29) is 12.4 Å². The molecule has 1 aromatic carbocycles. The molecule has 0 atom stereocenters. The van der Waals surface area contributed by atoms with Gasteiger partial charge in [-0.3, -0.25) is 4.57 Å². The van der Waals surface area contributed by atoms with Gasteiger partial charge in [0.25, 0.3) is 0 Å². The van der Waals surface area contributed by atoms with Crippen LogP contribution in [-0.2, 0) is 19.5 Å². The molecule has 0 bridgehead atoms. The van der Waals surface area contributed by atoms with E-state index in [9.17, 15) is 0 Å². The molecule has 0 radical (unpaired) electrons. The summed E-state index contributed by atoms with van der Waals surface area (Å²) in [7, 11) is 0. The van der Waals surface area contributed by atoms with Crippen LogP contribution in [-0.4, -0.2) is 19.9 Å². The second kappa shape index (κ2) is 8.46. The van der Waals surface area contributed by atoms with E-state index >= 15 is 0 Å². The Labute approximate surface area is 181 Å². The highest BCUT2D eigenvalue weighted by Crippen LogP contribution is 2.41. The van der Waals surface area contributed by atoms with Gasteiger partial charge in [0.1, 0.15) is 11.6 Å². The first kappa shape index (κ1) is 20.4. The lowest BCUT2D eigenvalue weighted by molar-refractivity contribution is 0.344. The van der Waals surface area contributed by atoms with Crippen molar-refractivity contribution in [2.75, 3.05) is 0 Å². The quantitative estimate of drug-likeness (QED) is 0.633. The molecule has 3 aromatic rings. The molecule has 0 saturated heterocycles. The molecule has 1 saturated carbocycles. The van der Waals surface area contributed by atoms with Crippen LogP contribution in [0.3, 0.4) is 0 Å². The Kier molecular flexibility index (Phi) is 5.95. The van der Waals surface area contributed by atoms with Gasteiger partial charge in [0, 0.05) is 35.9 Å². The topological polar surface area (TPSA) is 68.8 Å². The summed E-state index contributed by atoms with van der Waals surface area (Å²) in [5.41, 5.74) is 3.45. The van der Waals surface area contributed by atoms with Gasteiger partial charge < -0.3 is 9.84 Å². The van der Waals surface area contributed by atoms with Crippen LogP contribution in [0.15, 0.2) is 28.8 Å². The summed E-state index contributed by atoms with van der Waals surface area (Å²) < 4.78 is 7.66. The summed E-state index contributed by atoms with van der Waals surface area (Å²) in [6.45, 7) is 3.60. The van der Waals surface area contributed by atoms with Crippen molar-refractivity contribution in [2.24, 2.45) is 0 Å². The van der Waals surface area contributed by atoms with Crippen molar-refractivity contribution in [3.8, 4) is 5.69 Å². The summed E-state index contributed by atoms with van der Waals surface area (Å²) in [5.74, 6) is 3.93. The maximum absolute atomic E-state index is 6.22. The predicted octanol–water partition coefficient (Wildman–Crippen LogP) is 4.94. The van der Waals surface area contributed by atoms with Crippen molar-refractivity contribution in [3.63, 3.8) is 0 Å². The molecular weight excluding hydrogens is 409 g/mol. The Morgan fingerprint density at radius 2 is 1.90 bits per heavy atom. The van der Waals surface area contributed by atoms with Crippen molar-refractivity contribution < 1.29 is 4.52 Å². The molecule has 0 unspecified atom stereocenters. The van der Waals surface area contributed by atoms with Gasteiger partial charge in [-0.05, 0) is 49.4 Å². The zero-order valence-electron chi connectivity index (χ0n) is 16.4. The number of fused-ring (bicyclic) bond motifs is 3. The Morgan fingerprint density at radius 1 is 1.10 bits per heavy atom. The molecule has 1 fully saturated rings. The second-order valence-corrected chi connectivity index (χ2v) is 8.24. The Hall–Kier alpha value is -1.89. The van der Waals surface area contributed by atoms with Crippen LogP contribution in [0.5, 0.6) is 0 Å². The molecule has 0 spiro atoms. The smallest absolute Gasteiger partial charge is 0.151 e. The van der Waals surface area contributed by atoms with Crippen molar-refractivity contribution >= 4 is 24.0 Å².